The number of halogens is 3. The number of benzene rings is 2. The second-order valence-corrected chi connectivity index (χ2v) is 10.8. The first-order valence-electron chi connectivity index (χ1n) is 13.0. The lowest BCUT2D eigenvalue weighted by Gasteiger charge is -2.33. The fourth-order valence-corrected chi connectivity index (χ4v) is 4.87. The van der Waals surface area contributed by atoms with E-state index >= 15 is 0 Å². The van der Waals surface area contributed by atoms with Crippen LogP contribution in [0.5, 0.6) is 5.75 Å². The molecule has 2 N–H and O–H groups in total. The van der Waals surface area contributed by atoms with E-state index in [4.69, 9.17) is 4.74 Å². The third-order valence-electron chi connectivity index (χ3n) is 6.63. The van der Waals surface area contributed by atoms with E-state index in [-0.39, 0.29) is 23.1 Å². The molecule has 1 saturated heterocycles. The van der Waals surface area contributed by atoms with Gasteiger partial charge in [0.05, 0.1) is 22.3 Å². The minimum absolute atomic E-state index is 0.0525. The highest BCUT2D eigenvalue weighted by Crippen LogP contribution is 2.32. The number of likely N-dealkylation sites (tertiary alicyclic amines) is 1. The van der Waals surface area contributed by atoms with Gasteiger partial charge in [0.2, 0.25) is 0 Å². The van der Waals surface area contributed by atoms with Crippen LogP contribution in [0, 0.1) is 0 Å². The summed E-state index contributed by atoms with van der Waals surface area (Å²) in [5, 5.41) is 7.96. The van der Waals surface area contributed by atoms with Crippen molar-refractivity contribution in [1.82, 2.24) is 19.5 Å². The maximum Gasteiger partial charge on any atom is 0.573 e. The minimum Gasteiger partial charge on any atom is -0.444 e. The monoisotopic (exact) mass is 571 g/mol. The van der Waals surface area contributed by atoms with Crippen molar-refractivity contribution in [2.75, 3.05) is 18.4 Å². The molecule has 0 saturated carbocycles. The Labute approximate surface area is 232 Å². The van der Waals surface area contributed by atoms with E-state index in [1.165, 1.54) is 18.2 Å². The first-order chi connectivity index (χ1) is 19.3. The summed E-state index contributed by atoms with van der Waals surface area (Å²) in [5.74, 6) is -1.06. The Hall–Kier alpha value is -4.55. The Morgan fingerprint density at radius 1 is 1.05 bits per heavy atom. The molecule has 0 atom stereocenters. The zero-order valence-electron chi connectivity index (χ0n) is 22.5. The number of amides is 2. The predicted octanol–water partition coefficient (Wildman–Crippen LogP) is 5.44. The number of fused-ring (bicyclic) bond motifs is 3. The van der Waals surface area contributed by atoms with Crippen molar-refractivity contribution in [3.8, 4) is 5.75 Å². The predicted molar refractivity (Wildman–Crippen MR) is 144 cm³/mol. The van der Waals surface area contributed by atoms with Gasteiger partial charge in [-0.3, -0.25) is 9.59 Å². The number of carbonyl (C=O) groups excluding carboxylic acids is 2. The summed E-state index contributed by atoms with van der Waals surface area (Å²) in [4.78, 5) is 42.6. The van der Waals surface area contributed by atoms with Gasteiger partial charge in [0.25, 0.3) is 11.5 Å². The Balaban J connectivity index is 1.41. The van der Waals surface area contributed by atoms with E-state index in [0.29, 0.717) is 53.9 Å². The van der Waals surface area contributed by atoms with Crippen molar-refractivity contribution in [3.63, 3.8) is 0 Å². The quantitative estimate of drug-likeness (QED) is 0.337. The average Bonchev–Trinajstić information content (AvgIpc) is 3.26. The van der Waals surface area contributed by atoms with Gasteiger partial charge in [-0.15, -0.1) is 13.2 Å². The molecule has 2 aromatic heterocycles. The van der Waals surface area contributed by atoms with Crippen molar-refractivity contribution < 1.29 is 32.2 Å². The SMILES string of the molecule is CC(C)(C)OC(=O)N1CCC(c2cc(=O)[nH]c3c4c(NC(=O)c5ccc(OC(F)(F)F)cc5)cccc4nn23)CC1. The third kappa shape index (κ3) is 6.28. The van der Waals surface area contributed by atoms with E-state index in [9.17, 15) is 27.6 Å². The van der Waals surface area contributed by atoms with Crippen molar-refractivity contribution in [2.24, 2.45) is 0 Å². The van der Waals surface area contributed by atoms with Crippen LogP contribution in [0.4, 0.5) is 23.7 Å². The van der Waals surface area contributed by atoms with E-state index in [0.717, 1.165) is 12.1 Å². The van der Waals surface area contributed by atoms with Gasteiger partial charge in [-0.2, -0.15) is 5.10 Å². The number of anilines is 1. The van der Waals surface area contributed by atoms with E-state index in [1.807, 2.05) is 20.8 Å². The Kier molecular flexibility index (Phi) is 7.14. The maximum absolute atomic E-state index is 13.0. The molecule has 216 valence electrons. The fourth-order valence-electron chi connectivity index (χ4n) is 4.87. The number of aromatic nitrogens is 3. The topological polar surface area (TPSA) is 118 Å². The molecule has 0 unspecified atom stereocenters. The molecular weight excluding hydrogens is 543 g/mol. The van der Waals surface area contributed by atoms with Crippen molar-refractivity contribution in [1.29, 1.82) is 0 Å². The molecule has 2 aromatic carbocycles. The first kappa shape index (κ1) is 28.0. The molecule has 4 aromatic rings. The number of H-pyrrole nitrogens is 1. The van der Waals surface area contributed by atoms with E-state index in [1.54, 1.807) is 27.6 Å². The second-order valence-electron chi connectivity index (χ2n) is 10.8. The fraction of sp³-hybridized carbons (Fsp3) is 0.357. The van der Waals surface area contributed by atoms with Crippen LogP contribution in [-0.2, 0) is 4.74 Å². The maximum atomic E-state index is 13.0. The standard InChI is InChI=1S/C28H28F3N5O5/c1-27(2,3)41-26(39)35-13-11-16(12-14-35)21-15-22(37)33-24-23-19(5-4-6-20(23)34-36(21)24)32-25(38)17-7-9-18(10-8-17)40-28(29,30)31/h4-10,15-16H,11-14H2,1-3H3,(H,32,38)(H,33,37). The Morgan fingerprint density at radius 2 is 1.73 bits per heavy atom. The van der Waals surface area contributed by atoms with Crippen LogP contribution >= 0.6 is 0 Å². The van der Waals surface area contributed by atoms with E-state index in [2.05, 4.69) is 20.1 Å². The third-order valence-corrected chi connectivity index (χ3v) is 6.63. The molecule has 1 aliphatic rings. The van der Waals surface area contributed by atoms with Gasteiger partial charge >= 0.3 is 12.5 Å². The Morgan fingerprint density at radius 3 is 2.37 bits per heavy atom. The summed E-state index contributed by atoms with van der Waals surface area (Å²) in [5.41, 5.74) is 1.13. The molecule has 0 bridgehead atoms. The highest BCUT2D eigenvalue weighted by molar-refractivity contribution is 6.11. The molecule has 0 aliphatic carbocycles. The normalized spacial score (nSPS) is 14.8. The van der Waals surface area contributed by atoms with Crippen LogP contribution in [0.2, 0.25) is 0 Å². The summed E-state index contributed by atoms with van der Waals surface area (Å²) in [7, 11) is 0. The van der Waals surface area contributed by atoms with Gasteiger partial charge in [0, 0.05) is 30.6 Å². The molecule has 0 spiro atoms. The average molecular weight is 572 g/mol. The number of aromatic amines is 1. The summed E-state index contributed by atoms with van der Waals surface area (Å²) in [6.07, 6.45) is -4.01. The zero-order chi connectivity index (χ0) is 29.5. The number of carbonyl (C=O) groups is 2. The minimum atomic E-state index is -4.84. The zero-order valence-corrected chi connectivity index (χ0v) is 22.5. The van der Waals surface area contributed by atoms with Crippen LogP contribution < -0.4 is 15.6 Å². The number of ether oxygens (including phenoxy) is 2. The summed E-state index contributed by atoms with van der Waals surface area (Å²) in [6, 6.07) is 11.1. The van der Waals surface area contributed by atoms with Crippen LogP contribution in [0.15, 0.2) is 53.3 Å². The highest BCUT2D eigenvalue weighted by Gasteiger charge is 2.31. The number of hydrogen-bond donors (Lipinski definition) is 2. The number of piperidine rings is 1. The number of hydrogen-bond acceptors (Lipinski definition) is 6. The Bertz CT molecular complexity index is 1660. The first-order valence-corrected chi connectivity index (χ1v) is 13.0. The molecule has 3 heterocycles. The summed E-state index contributed by atoms with van der Waals surface area (Å²) in [6.45, 7) is 6.36. The molecule has 13 heteroatoms. The van der Waals surface area contributed by atoms with E-state index < -0.39 is 23.6 Å². The van der Waals surface area contributed by atoms with Gasteiger partial charge in [0.15, 0.2) is 0 Å². The lowest BCUT2D eigenvalue weighted by Crippen LogP contribution is -2.41. The number of nitrogens with one attached hydrogen (secondary N) is 2. The number of rotatable bonds is 4. The summed E-state index contributed by atoms with van der Waals surface area (Å²) < 4.78 is 48.4. The van der Waals surface area contributed by atoms with Crippen LogP contribution in [-0.4, -0.2) is 56.6 Å². The molecule has 1 aliphatic heterocycles. The van der Waals surface area contributed by atoms with Crippen molar-refractivity contribution in [3.05, 3.63) is 70.1 Å². The van der Waals surface area contributed by atoms with Crippen LogP contribution in [0.25, 0.3) is 16.6 Å². The van der Waals surface area contributed by atoms with Crippen LogP contribution in [0.1, 0.15) is 55.6 Å². The van der Waals surface area contributed by atoms with Crippen molar-refractivity contribution >= 4 is 34.2 Å². The molecule has 1 fully saturated rings. The lowest BCUT2D eigenvalue weighted by atomic mass is 9.93. The highest BCUT2D eigenvalue weighted by atomic mass is 19.4. The molecule has 41 heavy (non-hydrogen) atoms. The second kappa shape index (κ2) is 10.5. The van der Waals surface area contributed by atoms with Crippen LogP contribution in [0.3, 0.4) is 0 Å². The molecular formula is C28H28F3N5O5. The summed E-state index contributed by atoms with van der Waals surface area (Å²) >= 11 is 0. The molecule has 5 rings (SSSR count). The number of alkyl halides is 3. The largest absolute Gasteiger partial charge is 0.573 e. The van der Waals surface area contributed by atoms with Gasteiger partial charge in [-0.05, 0) is 70.0 Å². The lowest BCUT2D eigenvalue weighted by molar-refractivity contribution is -0.274. The van der Waals surface area contributed by atoms with Crippen molar-refractivity contribution in [2.45, 2.75) is 51.5 Å². The molecule has 2 amide bonds. The number of nitrogens with zero attached hydrogens (tertiary/aromatic N) is 3. The molecule has 0 radical (unpaired) electrons. The van der Waals surface area contributed by atoms with Gasteiger partial charge in [-0.1, -0.05) is 6.07 Å². The van der Waals surface area contributed by atoms with Gasteiger partial charge < -0.3 is 24.7 Å². The smallest absolute Gasteiger partial charge is 0.444 e. The van der Waals surface area contributed by atoms with Gasteiger partial charge in [0.1, 0.15) is 17.0 Å². The van der Waals surface area contributed by atoms with Gasteiger partial charge in [-0.25, -0.2) is 9.31 Å². The molecule has 10 nitrogen and oxygen atoms in total.